The van der Waals surface area contributed by atoms with Gasteiger partial charge in [0.1, 0.15) is 5.54 Å². The van der Waals surface area contributed by atoms with Crippen LogP contribution in [0.4, 0.5) is 0 Å². The number of benzene rings is 4. The molecule has 4 aromatic carbocycles. The van der Waals surface area contributed by atoms with Crippen molar-refractivity contribution < 1.29 is 0 Å². The fourth-order valence-electron chi connectivity index (χ4n) is 5.30. The highest BCUT2D eigenvalue weighted by Crippen LogP contribution is 2.40. The maximum atomic E-state index is 13.0. The second-order valence-corrected chi connectivity index (χ2v) is 9.92. The van der Waals surface area contributed by atoms with Crippen LogP contribution in [0.3, 0.4) is 0 Å². The Balaban J connectivity index is 1.43. The van der Waals surface area contributed by atoms with E-state index in [0.29, 0.717) is 11.4 Å². The Kier molecular flexibility index (Phi) is 6.70. The van der Waals surface area contributed by atoms with Gasteiger partial charge in [-0.25, -0.2) is 4.98 Å². The van der Waals surface area contributed by atoms with Crippen molar-refractivity contribution in [2.24, 2.45) is 0 Å². The molecular formula is C34H26ClN3O. The first-order valence-electron chi connectivity index (χ1n) is 12.8. The summed E-state index contributed by atoms with van der Waals surface area (Å²) in [6, 6.07) is 42.4. The van der Waals surface area contributed by atoms with Crippen molar-refractivity contribution in [2.75, 3.05) is 0 Å². The molecule has 0 aliphatic rings. The van der Waals surface area contributed by atoms with Crippen LogP contribution in [0.1, 0.15) is 27.9 Å². The first-order chi connectivity index (χ1) is 19.1. The van der Waals surface area contributed by atoms with Crippen LogP contribution in [0.5, 0.6) is 0 Å². The van der Waals surface area contributed by atoms with Crippen LogP contribution < -0.4 is 5.56 Å². The van der Waals surface area contributed by atoms with E-state index in [-0.39, 0.29) is 5.56 Å². The lowest BCUT2D eigenvalue weighted by Gasteiger charge is -2.37. The maximum Gasteiger partial charge on any atom is 0.255 e. The first kappa shape index (κ1) is 24.7. The summed E-state index contributed by atoms with van der Waals surface area (Å²) in [4.78, 5) is 17.8. The molecule has 0 spiro atoms. The number of imidazole rings is 1. The predicted octanol–water partition coefficient (Wildman–Crippen LogP) is 7.12. The van der Waals surface area contributed by atoms with Crippen molar-refractivity contribution >= 4 is 11.6 Å². The molecule has 2 aromatic heterocycles. The van der Waals surface area contributed by atoms with Crippen LogP contribution in [0.15, 0.2) is 151 Å². The van der Waals surface area contributed by atoms with Crippen LogP contribution in [-0.4, -0.2) is 14.1 Å². The monoisotopic (exact) mass is 527 g/mol. The van der Waals surface area contributed by atoms with Gasteiger partial charge in [0, 0.05) is 29.9 Å². The highest BCUT2D eigenvalue weighted by atomic mass is 35.5. The minimum Gasteiger partial charge on any atom is -0.319 e. The lowest BCUT2D eigenvalue weighted by Crippen LogP contribution is -2.36. The Bertz CT molecular complexity index is 1660. The standard InChI is InChI=1S/C34H26ClN3O/c35-30-17-10-18-32(23-30)38-20-19-26(22-33(38)39)21-31-24-37(25-36-31)34(27-11-4-1-5-12-27,28-13-6-2-7-14-28)29-15-8-3-9-16-29/h1-20,22-25H,21H2. The Hall–Kier alpha value is -4.67. The number of pyridine rings is 1. The summed E-state index contributed by atoms with van der Waals surface area (Å²) in [6.45, 7) is 0. The van der Waals surface area contributed by atoms with Crippen molar-refractivity contribution in [3.63, 3.8) is 0 Å². The molecule has 0 saturated heterocycles. The second kappa shape index (κ2) is 10.6. The lowest BCUT2D eigenvalue weighted by molar-refractivity contribution is 0.514. The maximum absolute atomic E-state index is 13.0. The topological polar surface area (TPSA) is 39.8 Å². The van der Waals surface area contributed by atoms with Gasteiger partial charge in [0.25, 0.3) is 5.56 Å². The smallest absolute Gasteiger partial charge is 0.255 e. The van der Waals surface area contributed by atoms with Gasteiger partial charge >= 0.3 is 0 Å². The van der Waals surface area contributed by atoms with Gasteiger partial charge in [-0.3, -0.25) is 9.36 Å². The van der Waals surface area contributed by atoms with E-state index in [1.54, 1.807) is 29.0 Å². The SMILES string of the molecule is O=c1cc(Cc2cn(C(c3ccccc3)(c3ccccc3)c3ccccc3)cn2)ccn1-c1cccc(Cl)c1. The van der Waals surface area contributed by atoms with Crippen LogP contribution in [0, 0.1) is 0 Å². The van der Waals surface area contributed by atoms with Crippen molar-refractivity contribution in [3.05, 3.63) is 189 Å². The van der Waals surface area contributed by atoms with E-state index in [2.05, 4.69) is 83.6 Å². The summed E-state index contributed by atoms with van der Waals surface area (Å²) >= 11 is 6.13. The summed E-state index contributed by atoms with van der Waals surface area (Å²) in [5.41, 5.74) is 5.19. The molecule has 0 atom stereocenters. The Morgan fingerprint density at radius 2 is 1.28 bits per heavy atom. The molecule has 5 heteroatoms. The molecule has 0 radical (unpaired) electrons. The van der Waals surface area contributed by atoms with Gasteiger partial charge in [-0.1, -0.05) is 109 Å². The van der Waals surface area contributed by atoms with E-state index in [4.69, 9.17) is 16.6 Å². The van der Waals surface area contributed by atoms with Gasteiger partial charge in [0.2, 0.25) is 0 Å². The number of nitrogens with zero attached hydrogens (tertiary/aromatic N) is 3. The third-order valence-electron chi connectivity index (χ3n) is 7.05. The summed E-state index contributed by atoms with van der Waals surface area (Å²) in [6.07, 6.45) is 6.32. The first-order valence-corrected chi connectivity index (χ1v) is 13.2. The predicted molar refractivity (Wildman–Crippen MR) is 157 cm³/mol. The van der Waals surface area contributed by atoms with Gasteiger partial charge in [-0.15, -0.1) is 0 Å². The molecule has 4 nitrogen and oxygen atoms in total. The zero-order valence-corrected chi connectivity index (χ0v) is 21.9. The lowest BCUT2D eigenvalue weighted by atomic mass is 9.77. The Morgan fingerprint density at radius 3 is 1.82 bits per heavy atom. The van der Waals surface area contributed by atoms with E-state index in [1.165, 1.54) is 0 Å². The third-order valence-corrected chi connectivity index (χ3v) is 7.29. The molecule has 6 aromatic rings. The summed E-state index contributed by atoms with van der Waals surface area (Å²) in [5.74, 6) is 0. The number of rotatable bonds is 7. The molecule has 0 saturated carbocycles. The van der Waals surface area contributed by atoms with Crippen LogP contribution >= 0.6 is 11.6 Å². The second-order valence-electron chi connectivity index (χ2n) is 9.48. The quantitative estimate of drug-likeness (QED) is 0.207. The molecule has 0 unspecified atom stereocenters. The van der Waals surface area contributed by atoms with Crippen LogP contribution in [0.25, 0.3) is 5.69 Å². The molecule has 0 aliphatic heterocycles. The summed E-state index contributed by atoms with van der Waals surface area (Å²) in [5, 5.41) is 0.591. The average Bonchev–Trinajstić information content (AvgIpc) is 3.44. The number of hydrogen-bond acceptors (Lipinski definition) is 2. The fraction of sp³-hybridized carbons (Fsp3) is 0.0588. The zero-order valence-electron chi connectivity index (χ0n) is 21.2. The van der Waals surface area contributed by atoms with E-state index >= 15 is 0 Å². The molecule has 2 heterocycles. The molecular weight excluding hydrogens is 502 g/mol. The van der Waals surface area contributed by atoms with Gasteiger partial charge in [-0.05, 0) is 46.5 Å². The molecule has 0 bridgehead atoms. The molecule has 0 fully saturated rings. The summed E-state index contributed by atoms with van der Waals surface area (Å²) in [7, 11) is 0. The van der Waals surface area contributed by atoms with Crippen LogP contribution in [-0.2, 0) is 12.0 Å². The number of aromatic nitrogens is 3. The fourth-order valence-corrected chi connectivity index (χ4v) is 5.49. The average molecular weight is 528 g/mol. The van der Waals surface area contributed by atoms with Crippen LogP contribution in [0.2, 0.25) is 5.02 Å². The van der Waals surface area contributed by atoms with E-state index in [1.807, 2.05) is 42.7 Å². The molecule has 0 aliphatic carbocycles. The molecule has 0 amide bonds. The highest BCUT2D eigenvalue weighted by Gasteiger charge is 2.38. The van der Waals surface area contributed by atoms with Crippen molar-refractivity contribution in [3.8, 4) is 5.69 Å². The van der Waals surface area contributed by atoms with Crippen molar-refractivity contribution in [1.82, 2.24) is 14.1 Å². The third kappa shape index (κ3) is 4.71. The van der Waals surface area contributed by atoms with Crippen molar-refractivity contribution in [2.45, 2.75) is 12.0 Å². The van der Waals surface area contributed by atoms with Gasteiger partial charge < -0.3 is 4.57 Å². The van der Waals surface area contributed by atoms with Crippen molar-refractivity contribution in [1.29, 1.82) is 0 Å². The number of hydrogen-bond donors (Lipinski definition) is 0. The van der Waals surface area contributed by atoms with Gasteiger partial charge in [0.15, 0.2) is 0 Å². The Morgan fingerprint density at radius 1 is 0.692 bits per heavy atom. The Labute approximate surface area is 232 Å². The van der Waals surface area contributed by atoms with Gasteiger partial charge in [-0.2, -0.15) is 0 Å². The summed E-state index contributed by atoms with van der Waals surface area (Å²) < 4.78 is 3.79. The molecule has 39 heavy (non-hydrogen) atoms. The molecule has 190 valence electrons. The zero-order chi connectivity index (χ0) is 26.7. The van der Waals surface area contributed by atoms with Gasteiger partial charge in [0.05, 0.1) is 17.7 Å². The minimum atomic E-state index is -0.620. The molecule has 0 N–H and O–H groups in total. The molecule has 6 rings (SSSR count). The van der Waals surface area contributed by atoms with E-state index in [9.17, 15) is 4.79 Å². The largest absolute Gasteiger partial charge is 0.319 e. The highest BCUT2D eigenvalue weighted by molar-refractivity contribution is 6.30. The minimum absolute atomic E-state index is 0.110. The number of halogens is 1. The van der Waals surface area contributed by atoms with E-state index < -0.39 is 5.54 Å². The normalized spacial score (nSPS) is 11.4. The van der Waals surface area contributed by atoms with E-state index in [0.717, 1.165) is 33.6 Å².